The molecule has 2 aromatic rings. The molecule has 168 valence electrons. The molecule has 2 aromatic carbocycles. The Kier molecular flexibility index (Phi) is 20.1. The Labute approximate surface area is 189 Å². The van der Waals surface area contributed by atoms with Crippen LogP contribution in [0, 0.1) is 19.8 Å². The summed E-state index contributed by atoms with van der Waals surface area (Å²) in [6.07, 6.45) is 11.3. The van der Waals surface area contributed by atoms with Gasteiger partial charge in [-0.25, -0.2) is 0 Å². The summed E-state index contributed by atoms with van der Waals surface area (Å²) in [7, 11) is 0. The Hall–Kier alpha value is -2.34. The number of hydrogen-bond acceptors (Lipinski definition) is 0. The molecule has 0 radical (unpaired) electrons. The van der Waals surface area contributed by atoms with Crippen molar-refractivity contribution in [2.75, 3.05) is 0 Å². The largest absolute Gasteiger partial charge is 0.0841 e. The van der Waals surface area contributed by atoms with E-state index in [1.165, 1.54) is 27.8 Å². The van der Waals surface area contributed by atoms with E-state index < -0.39 is 0 Å². The van der Waals surface area contributed by atoms with Crippen molar-refractivity contribution in [3.05, 3.63) is 101 Å². The maximum atomic E-state index is 2.28. The average Bonchev–Trinajstić information content (AvgIpc) is 2.68. The molecule has 0 saturated carbocycles. The summed E-state index contributed by atoms with van der Waals surface area (Å²) < 4.78 is 0. The predicted molar refractivity (Wildman–Crippen MR) is 143 cm³/mol. The topological polar surface area (TPSA) is 0 Å². The zero-order valence-corrected chi connectivity index (χ0v) is 18.0. The van der Waals surface area contributed by atoms with Gasteiger partial charge in [-0.3, -0.25) is 0 Å². The highest BCUT2D eigenvalue weighted by molar-refractivity contribution is 5.63. The van der Waals surface area contributed by atoms with E-state index in [0.717, 1.165) is 12.8 Å². The first-order chi connectivity index (χ1) is 12.9. The fraction of sp³-hybridized carbons (Fsp3) is 0.400. The summed E-state index contributed by atoms with van der Waals surface area (Å²) in [5.41, 5.74) is 6.86. The van der Waals surface area contributed by atoms with E-state index in [1.54, 1.807) is 0 Å². The van der Waals surface area contributed by atoms with Crippen LogP contribution in [0.25, 0.3) is 5.57 Å². The van der Waals surface area contributed by atoms with Gasteiger partial charge < -0.3 is 0 Å². The molecule has 1 atom stereocenters. The minimum atomic E-state index is 0. The van der Waals surface area contributed by atoms with Gasteiger partial charge in [-0.15, -0.1) is 0 Å². The summed E-state index contributed by atoms with van der Waals surface area (Å²) in [5.74, 6) is 0.684. The van der Waals surface area contributed by atoms with Crippen molar-refractivity contribution in [1.82, 2.24) is 0 Å². The van der Waals surface area contributed by atoms with Gasteiger partial charge in [0.25, 0.3) is 0 Å². The van der Waals surface area contributed by atoms with Gasteiger partial charge in [-0.1, -0.05) is 132 Å². The van der Waals surface area contributed by atoms with Crippen LogP contribution in [-0.4, -0.2) is 0 Å². The van der Waals surface area contributed by atoms with Crippen LogP contribution in [0.2, 0.25) is 0 Å². The SMILES string of the molecule is C.C.C.CC/C=C(\C)c1ccccc1.CC1=CCC=CC1C.Cc1ccc(C)cc1. The summed E-state index contributed by atoms with van der Waals surface area (Å²) >= 11 is 0. The monoisotopic (exact) mass is 408 g/mol. The molecule has 0 bridgehead atoms. The second-order valence-corrected chi connectivity index (χ2v) is 7.22. The molecule has 1 unspecified atom stereocenters. The minimum Gasteiger partial charge on any atom is -0.0841 e. The number of allylic oxidation sites excluding steroid dienone is 6. The van der Waals surface area contributed by atoms with Gasteiger partial charge in [0.2, 0.25) is 0 Å². The van der Waals surface area contributed by atoms with E-state index in [0.29, 0.717) is 5.92 Å². The lowest BCUT2D eigenvalue weighted by molar-refractivity contribution is 0.835. The smallest absolute Gasteiger partial charge is 0.00542 e. The van der Waals surface area contributed by atoms with E-state index in [4.69, 9.17) is 0 Å². The van der Waals surface area contributed by atoms with Crippen molar-refractivity contribution >= 4 is 5.57 Å². The standard InChI is InChI=1S/C11H14.C8H10.C8H12.3CH4/c1-3-7-10(2)11-8-5-4-6-9-11;1-7-3-5-8(2)6-4-7;1-7-5-3-4-6-8(7)2;;;/h4-9H,3H2,1-2H3;3-6H,1-2H3;3,5-7H,4H2,1-2H3;3*1H4/b10-7+;;;;;. The van der Waals surface area contributed by atoms with Crippen LogP contribution in [-0.2, 0) is 0 Å². The highest BCUT2D eigenvalue weighted by Crippen LogP contribution is 2.16. The highest BCUT2D eigenvalue weighted by Gasteiger charge is 2.00. The van der Waals surface area contributed by atoms with Gasteiger partial charge in [-0.05, 0) is 57.6 Å². The quantitative estimate of drug-likeness (QED) is 0.433. The molecule has 0 heterocycles. The molecule has 0 nitrogen and oxygen atoms in total. The zero-order chi connectivity index (χ0) is 20.1. The second-order valence-electron chi connectivity index (χ2n) is 7.22. The zero-order valence-electron chi connectivity index (χ0n) is 18.0. The molecule has 3 rings (SSSR count). The molecule has 1 aliphatic rings. The number of benzene rings is 2. The minimum absolute atomic E-state index is 0. The third-order valence-electron chi connectivity index (χ3n) is 4.68. The van der Waals surface area contributed by atoms with Crippen LogP contribution < -0.4 is 0 Å². The number of hydrogen-bond donors (Lipinski definition) is 0. The molecular formula is C30H48. The predicted octanol–water partition coefficient (Wildman–Crippen LogP) is 10.2. The lowest BCUT2D eigenvalue weighted by Crippen LogP contribution is -1.94. The van der Waals surface area contributed by atoms with Crippen molar-refractivity contribution in [3.63, 3.8) is 0 Å². The molecule has 0 aromatic heterocycles. The molecule has 1 aliphatic carbocycles. The molecule has 0 aliphatic heterocycles. The maximum absolute atomic E-state index is 2.28. The lowest BCUT2D eigenvalue weighted by atomic mass is 9.97. The highest BCUT2D eigenvalue weighted by atomic mass is 14.1. The van der Waals surface area contributed by atoms with Crippen LogP contribution in [0.3, 0.4) is 0 Å². The van der Waals surface area contributed by atoms with Gasteiger partial charge in [0.15, 0.2) is 0 Å². The van der Waals surface area contributed by atoms with E-state index in [2.05, 4.69) is 114 Å². The third kappa shape index (κ3) is 13.8. The number of rotatable bonds is 2. The summed E-state index contributed by atoms with van der Waals surface area (Å²) in [6, 6.07) is 19.0. The van der Waals surface area contributed by atoms with E-state index in [9.17, 15) is 0 Å². The summed E-state index contributed by atoms with van der Waals surface area (Å²) in [5, 5.41) is 0. The van der Waals surface area contributed by atoms with Crippen LogP contribution in [0.15, 0.2) is 84.5 Å². The average molecular weight is 409 g/mol. The Morgan fingerprint density at radius 1 is 0.867 bits per heavy atom. The van der Waals surface area contributed by atoms with Crippen molar-refractivity contribution in [2.45, 2.75) is 76.7 Å². The molecule has 0 spiro atoms. The fourth-order valence-corrected chi connectivity index (χ4v) is 2.64. The van der Waals surface area contributed by atoms with Crippen LogP contribution >= 0.6 is 0 Å². The maximum Gasteiger partial charge on any atom is -0.00542 e. The molecular weight excluding hydrogens is 360 g/mol. The molecule has 30 heavy (non-hydrogen) atoms. The first kappa shape index (κ1) is 32.3. The lowest BCUT2D eigenvalue weighted by Gasteiger charge is -2.09. The Bertz CT molecular complexity index is 706. The summed E-state index contributed by atoms with van der Waals surface area (Å²) in [6.45, 7) is 12.9. The van der Waals surface area contributed by atoms with Crippen molar-refractivity contribution < 1.29 is 0 Å². The van der Waals surface area contributed by atoms with Gasteiger partial charge >= 0.3 is 0 Å². The van der Waals surface area contributed by atoms with Crippen LogP contribution in [0.5, 0.6) is 0 Å². The Morgan fingerprint density at radius 2 is 1.37 bits per heavy atom. The first-order valence-electron chi connectivity index (χ1n) is 10.0. The van der Waals surface area contributed by atoms with Gasteiger partial charge in [0, 0.05) is 0 Å². The van der Waals surface area contributed by atoms with Gasteiger partial charge in [-0.2, -0.15) is 0 Å². The van der Waals surface area contributed by atoms with E-state index >= 15 is 0 Å². The molecule has 0 heteroatoms. The van der Waals surface area contributed by atoms with Crippen LogP contribution in [0.4, 0.5) is 0 Å². The Morgan fingerprint density at radius 3 is 1.73 bits per heavy atom. The Balaban J connectivity index is -0.000000353. The molecule has 0 N–H and O–H groups in total. The van der Waals surface area contributed by atoms with Gasteiger partial charge in [0.1, 0.15) is 0 Å². The van der Waals surface area contributed by atoms with E-state index in [1.807, 2.05) is 6.07 Å². The molecule has 0 saturated heterocycles. The fourth-order valence-electron chi connectivity index (χ4n) is 2.64. The van der Waals surface area contributed by atoms with E-state index in [-0.39, 0.29) is 22.3 Å². The van der Waals surface area contributed by atoms with Crippen molar-refractivity contribution in [2.24, 2.45) is 5.92 Å². The van der Waals surface area contributed by atoms with Gasteiger partial charge in [0.05, 0.1) is 0 Å². The normalized spacial score (nSPS) is 14.1. The molecule has 0 amide bonds. The van der Waals surface area contributed by atoms with Crippen molar-refractivity contribution in [1.29, 1.82) is 0 Å². The summed E-state index contributed by atoms with van der Waals surface area (Å²) in [4.78, 5) is 0. The number of aryl methyl sites for hydroxylation is 2. The van der Waals surface area contributed by atoms with Crippen LogP contribution in [0.1, 0.15) is 79.5 Å². The first-order valence-corrected chi connectivity index (χ1v) is 10.0. The third-order valence-corrected chi connectivity index (χ3v) is 4.68. The second kappa shape index (κ2) is 18.7. The molecule has 0 fully saturated rings. The van der Waals surface area contributed by atoms with Crippen molar-refractivity contribution in [3.8, 4) is 0 Å².